The van der Waals surface area contributed by atoms with Crippen LogP contribution in [0.4, 0.5) is 0 Å². The summed E-state index contributed by atoms with van der Waals surface area (Å²) in [6.07, 6.45) is 7.98. The molecule has 18 heavy (non-hydrogen) atoms. The van der Waals surface area contributed by atoms with Crippen molar-refractivity contribution < 1.29 is 9.53 Å². The quantitative estimate of drug-likeness (QED) is 0.698. The molecule has 1 aromatic heterocycles. The van der Waals surface area contributed by atoms with Gasteiger partial charge < -0.3 is 4.74 Å². The number of hydrogen-bond donors (Lipinski definition) is 0. The second kappa shape index (κ2) is 6.69. The molecule has 100 valence electrons. The van der Waals surface area contributed by atoms with E-state index >= 15 is 0 Å². The average molecular weight is 250 g/mol. The minimum atomic E-state index is 0.208. The Kier molecular flexibility index (Phi) is 4.93. The van der Waals surface area contributed by atoms with Crippen molar-refractivity contribution in [3.05, 3.63) is 18.0 Å². The Morgan fingerprint density at radius 1 is 1.50 bits per heavy atom. The molecule has 0 aromatic carbocycles. The number of carbonyl (C=O) groups is 1. The lowest BCUT2D eigenvalue weighted by molar-refractivity contribution is -0.119. The number of nitrogens with zero attached hydrogens (tertiary/aromatic N) is 2. The maximum atomic E-state index is 11.7. The Balaban J connectivity index is 1.80. The molecule has 0 radical (unpaired) electrons. The minimum Gasteiger partial charge on any atom is -0.381 e. The fraction of sp³-hybridized carbons (Fsp3) is 0.714. The largest absolute Gasteiger partial charge is 0.381 e. The van der Waals surface area contributed by atoms with Crippen LogP contribution >= 0.6 is 0 Å². The second-order valence-corrected chi connectivity index (χ2v) is 4.89. The van der Waals surface area contributed by atoms with Crippen LogP contribution in [0.1, 0.15) is 50.8 Å². The molecule has 1 heterocycles. The monoisotopic (exact) mass is 250 g/mol. The summed E-state index contributed by atoms with van der Waals surface area (Å²) >= 11 is 0. The number of hydrogen-bond acceptors (Lipinski definition) is 3. The fourth-order valence-electron chi connectivity index (χ4n) is 2.46. The third kappa shape index (κ3) is 3.67. The van der Waals surface area contributed by atoms with Gasteiger partial charge in [0.1, 0.15) is 5.78 Å². The summed E-state index contributed by atoms with van der Waals surface area (Å²) in [4.78, 5) is 11.7. The van der Waals surface area contributed by atoms with Gasteiger partial charge in [-0.3, -0.25) is 9.48 Å². The minimum absolute atomic E-state index is 0.208. The van der Waals surface area contributed by atoms with Crippen molar-refractivity contribution >= 4 is 5.78 Å². The lowest BCUT2D eigenvalue weighted by atomic mass is 10.2. The van der Waals surface area contributed by atoms with Crippen molar-refractivity contribution in [3.63, 3.8) is 0 Å². The smallest absolute Gasteiger partial charge is 0.141 e. The van der Waals surface area contributed by atoms with Gasteiger partial charge >= 0.3 is 0 Å². The van der Waals surface area contributed by atoms with Crippen molar-refractivity contribution in [2.75, 3.05) is 13.2 Å². The van der Waals surface area contributed by atoms with Gasteiger partial charge in [0.05, 0.1) is 24.8 Å². The van der Waals surface area contributed by atoms with Crippen LogP contribution in [0.5, 0.6) is 0 Å². The highest BCUT2D eigenvalue weighted by molar-refractivity contribution is 5.80. The first-order valence-corrected chi connectivity index (χ1v) is 6.93. The molecule has 0 atom stereocenters. The van der Waals surface area contributed by atoms with Crippen molar-refractivity contribution in [2.24, 2.45) is 0 Å². The molecule has 4 nitrogen and oxygen atoms in total. The highest BCUT2D eigenvalue weighted by atomic mass is 16.5. The van der Waals surface area contributed by atoms with Gasteiger partial charge in [-0.1, -0.05) is 12.8 Å². The first-order chi connectivity index (χ1) is 8.79. The van der Waals surface area contributed by atoms with Gasteiger partial charge in [0.25, 0.3) is 0 Å². The van der Waals surface area contributed by atoms with Gasteiger partial charge in [0.15, 0.2) is 0 Å². The number of Topliss-reactive ketones (excluding diaryl/α,β-unsaturated/α-hetero) is 1. The van der Waals surface area contributed by atoms with Gasteiger partial charge in [-0.25, -0.2) is 0 Å². The highest BCUT2D eigenvalue weighted by Crippen LogP contribution is 2.28. The molecular formula is C14H22N2O2. The van der Waals surface area contributed by atoms with E-state index in [-0.39, 0.29) is 5.78 Å². The molecule has 0 bridgehead atoms. The summed E-state index contributed by atoms with van der Waals surface area (Å²) in [6, 6.07) is 2.52. The molecule has 0 saturated heterocycles. The molecule has 1 saturated carbocycles. The summed E-state index contributed by atoms with van der Waals surface area (Å²) < 4.78 is 7.22. The topological polar surface area (TPSA) is 44.1 Å². The molecule has 1 aromatic rings. The molecule has 2 rings (SSSR count). The Labute approximate surface area is 108 Å². The predicted molar refractivity (Wildman–Crippen MR) is 69.6 cm³/mol. The zero-order valence-electron chi connectivity index (χ0n) is 11.1. The number of carbonyl (C=O) groups excluding carboxylic acids is 1. The van der Waals surface area contributed by atoms with Crippen molar-refractivity contribution in [1.29, 1.82) is 0 Å². The summed E-state index contributed by atoms with van der Waals surface area (Å²) in [5, 5.41) is 4.52. The Morgan fingerprint density at radius 2 is 2.28 bits per heavy atom. The number of aromatic nitrogens is 2. The van der Waals surface area contributed by atoms with Crippen molar-refractivity contribution in [2.45, 2.75) is 51.5 Å². The van der Waals surface area contributed by atoms with E-state index in [9.17, 15) is 4.79 Å². The number of ether oxygens (including phenoxy) is 1. The Bertz CT molecular complexity index is 381. The van der Waals surface area contributed by atoms with Crippen LogP contribution in [0.3, 0.4) is 0 Å². The van der Waals surface area contributed by atoms with E-state index in [1.54, 1.807) is 0 Å². The van der Waals surface area contributed by atoms with Crippen LogP contribution < -0.4 is 0 Å². The molecule has 0 spiro atoms. The molecular weight excluding hydrogens is 228 g/mol. The molecule has 1 fully saturated rings. The van der Waals surface area contributed by atoms with E-state index in [2.05, 4.69) is 5.10 Å². The van der Waals surface area contributed by atoms with Crippen LogP contribution in [-0.2, 0) is 16.0 Å². The van der Waals surface area contributed by atoms with E-state index in [1.807, 2.05) is 23.9 Å². The first-order valence-electron chi connectivity index (χ1n) is 6.93. The zero-order valence-corrected chi connectivity index (χ0v) is 11.1. The molecule has 1 aliphatic rings. The lowest BCUT2D eigenvalue weighted by Crippen LogP contribution is -2.09. The van der Waals surface area contributed by atoms with E-state index < -0.39 is 0 Å². The third-order valence-electron chi connectivity index (χ3n) is 3.47. The molecule has 0 amide bonds. The predicted octanol–water partition coefficient (Wildman–Crippen LogP) is 2.54. The van der Waals surface area contributed by atoms with Gasteiger partial charge in [-0.2, -0.15) is 5.10 Å². The zero-order chi connectivity index (χ0) is 12.8. The summed E-state index contributed by atoms with van der Waals surface area (Å²) in [5.74, 6) is 0.208. The van der Waals surface area contributed by atoms with E-state index in [1.165, 1.54) is 25.7 Å². The maximum absolute atomic E-state index is 11.7. The molecule has 0 N–H and O–H groups in total. The van der Waals surface area contributed by atoms with Crippen LogP contribution in [0.2, 0.25) is 0 Å². The normalized spacial score (nSPS) is 16.3. The standard InChI is InChI=1S/C14H22N2O2/c1-2-18-10-8-14(17)11-12-7-9-16(15-12)13-5-3-4-6-13/h7,9,13H,2-6,8,10-11H2,1H3. The van der Waals surface area contributed by atoms with Crippen molar-refractivity contribution in [3.8, 4) is 0 Å². The van der Waals surface area contributed by atoms with Gasteiger partial charge in [-0.05, 0) is 25.8 Å². The van der Waals surface area contributed by atoms with Crippen LogP contribution in [-0.4, -0.2) is 28.8 Å². The van der Waals surface area contributed by atoms with Gasteiger partial charge in [-0.15, -0.1) is 0 Å². The van der Waals surface area contributed by atoms with E-state index in [4.69, 9.17) is 4.74 Å². The lowest BCUT2D eigenvalue weighted by Gasteiger charge is -2.08. The molecule has 0 aliphatic heterocycles. The summed E-state index contributed by atoms with van der Waals surface area (Å²) in [7, 11) is 0. The fourth-order valence-corrected chi connectivity index (χ4v) is 2.46. The van der Waals surface area contributed by atoms with Gasteiger partial charge in [0.2, 0.25) is 0 Å². The Hall–Kier alpha value is -1.16. The van der Waals surface area contributed by atoms with Crippen LogP contribution in [0, 0.1) is 0 Å². The average Bonchev–Trinajstić information content (AvgIpc) is 2.98. The molecule has 0 unspecified atom stereocenters. The maximum Gasteiger partial charge on any atom is 0.141 e. The van der Waals surface area contributed by atoms with Crippen molar-refractivity contribution in [1.82, 2.24) is 9.78 Å². The van der Waals surface area contributed by atoms with Gasteiger partial charge in [0, 0.05) is 19.2 Å². The van der Waals surface area contributed by atoms with E-state index in [0.717, 1.165) is 5.69 Å². The number of rotatable bonds is 7. The SMILES string of the molecule is CCOCCC(=O)Cc1ccn(C2CCCC2)n1. The molecule has 1 aliphatic carbocycles. The number of ketones is 1. The summed E-state index contributed by atoms with van der Waals surface area (Å²) in [5.41, 5.74) is 0.892. The first kappa shape index (κ1) is 13.3. The highest BCUT2D eigenvalue weighted by Gasteiger charge is 2.17. The molecule has 4 heteroatoms. The van der Waals surface area contributed by atoms with Crippen LogP contribution in [0.25, 0.3) is 0 Å². The Morgan fingerprint density at radius 3 is 3.00 bits per heavy atom. The summed E-state index contributed by atoms with van der Waals surface area (Å²) in [6.45, 7) is 3.13. The third-order valence-corrected chi connectivity index (χ3v) is 3.47. The van der Waals surface area contributed by atoms with Crippen LogP contribution in [0.15, 0.2) is 12.3 Å². The second-order valence-electron chi connectivity index (χ2n) is 4.89. The van der Waals surface area contributed by atoms with E-state index in [0.29, 0.717) is 32.1 Å².